The number of rotatable bonds is 7. The van der Waals surface area contributed by atoms with E-state index in [4.69, 9.17) is 15.2 Å². The Balaban J connectivity index is 1.50. The van der Waals surface area contributed by atoms with Crippen molar-refractivity contribution in [3.8, 4) is 16.5 Å². The number of hydrogen-bond acceptors (Lipinski definition) is 10. The Labute approximate surface area is 190 Å². The van der Waals surface area contributed by atoms with E-state index in [1.807, 2.05) is 0 Å². The topological polar surface area (TPSA) is 127 Å². The molecule has 0 saturated carbocycles. The molecule has 1 saturated heterocycles. The fraction of sp³-hybridized carbons (Fsp3) is 0.316. The molecule has 1 aliphatic heterocycles. The van der Waals surface area contributed by atoms with Crippen LogP contribution in [0, 0.1) is 0 Å². The molecule has 1 aromatic carbocycles. The van der Waals surface area contributed by atoms with Crippen LogP contribution in [0.1, 0.15) is 11.4 Å². The highest BCUT2D eigenvalue weighted by Gasteiger charge is 2.31. The van der Waals surface area contributed by atoms with Gasteiger partial charge in [0.25, 0.3) is 0 Å². The van der Waals surface area contributed by atoms with Gasteiger partial charge in [-0.25, -0.2) is 8.42 Å². The van der Waals surface area contributed by atoms with Gasteiger partial charge in [0.2, 0.25) is 9.84 Å². The summed E-state index contributed by atoms with van der Waals surface area (Å²) in [6.45, 7) is 1.45. The molecule has 0 spiro atoms. The molecule has 2 aromatic heterocycles. The van der Waals surface area contributed by atoms with Crippen LogP contribution in [0.25, 0.3) is 10.7 Å². The third kappa shape index (κ3) is 5.58. The van der Waals surface area contributed by atoms with Gasteiger partial charge in [-0.2, -0.15) is 0 Å². The molecule has 0 amide bonds. The minimum Gasteiger partial charge on any atom is -0.406 e. The van der Waals surface area contributed by atoms with Crippen molar-refractivity contribution in [1.82, 2.24) is 15.2 Å². The molecular weight excluding hydrogens is 485 g/mol. The lowest BCUT2D eigenvalue weighted by Gasteiger charge is -2.10. The Kier molecular flexibility index (Phi) is 6.52. The van der Waals surface area contributed by atoms with E-state index >= 15 is 0 Å². The maximum Gasteiger partial charge on any atom is 0.573 e. The molecular formula is C19H17F3N4O5S2. The zero-order valence-corrected chi connectivity index (χ0v) is 18.4. The van der Waals surface area contributed by atoms with Crippen molar-refractivity contribution in [1.29, 1.82) is 0 Å². The summed E-state index contributed by atoms with van der Waals surface area (Å²) < 4.78 is 77.3. The van der Waals surface area contributed by atoms with Crippen LogP contribution in [-0.4, -0.2) is 49.3 Å². The second kappa shape index (κ2) is 9.21. The Morgan fingerprint density at radius 3 is 2.58 bits per heavy atom. The third-order valence-corrected chi connectivity index (χ3v) is 7.21. The van der Waals surface area contributed by atoms with Crippen LogP contribution in [0.4, 0.5) is 18.9 Å². The van der Waals surface area contributed by atoms with Gasteiger partial charge >= 0.3 is 6.36 Å². The second-order valence-electron chi connectivity index (χ2n) is 6.93. The number of aromatic nitrogens is 3. The number of halogens is 3. The van der Waals surface area contributed by atoms with Crippen molar-refractivity contribution >= 4 is 26.9 Å². The first kappa shape index (κ1) is 23.4. The number of alkyl halides is 3. The molecule has 1 atom stereocenters. The summed E-state index contributed by atoms with van der Waals surface area (Å²) in [4.78, 5) is 3.67. The standard InChI is InChI=1S/C19H17F3N4O5S2/c20-19(21,22)31-11-1-3-13(4-2-11)33(27,28)14-7-15(23)17(24-8-14)18-26-25-16(32-18)10-30-12-5-6-29-9-12/h1-4,7-8,12H,5-6,9-10,23H2. The van der Waals surface area contributed by atoms with E-state index in [2.05, 4.69) is 19.9 Å². The Morgan fingerprint density at radius 2 is 1.94 bits per heavy atom. The molecule has 0 bridgehead atoms. The van der Waals surface area contributed by atoms with Gasteiger partial charge in [0.05, 0.1) is 28.2 Å². The molecule has 9 nitrogen and oxygen atoms in total. The van der Waals surface area contributed by atoms with Gasteiger partial charge in [0.15, 0.2) is 5.01 Å². The SMILES string of the molecule is Nc1cc(S(=O)(=O)c2ccc(OC(F)(F)F)cc2)cnc1-c1nnc(COC2CCOC2)s1. The van der Waals surface area contributed by atoms with Gasteiger partial charge < -0.3 is 19.9 Å². The fourth-order valence-electron chi connectivity index (χ4n) is 2.98. The summed E-state index contributed by atoms with van der Waals surface area (Å²) in [5, 5.41) is 9.09. The summed E-state index contributed by atoms with van der Waals surface area (Å²) in [5.74, 6) is -0.536. The maximum absolute atomic E-state index is 12.8. The molecule has 33 heavy (non-hydrogen) atoms. The number of benzene rings is 1. The molecule has 3 aromatic rings. The third-order valence-electron chi connectivity index (χ3n) is 4.57. The van der Waals surface area contributed by atoms with E-state index in [1.54, 1.807) is 0 Å². The predicted molar refractivity (Wildman–Crippen MR) is 110 cm³/mol. The first-order chi connectivity index (χ1) is 15.6. The number of hydrogen-bond donors (Lipinski definition) is 1. The number of sulfone groups is 1. The van der Waals surface area contributed by atoms with Crippen LogP contribution < -0.4 is 10.5 Å². The Hall–Kier alpha value is -2.81. The molecule has 1 unspecified atom stereocenters. The lowest BCUT2D eigenvalue weighted by atomic mass is 10.3. The largest absolute Gasteiger partial charge is 0.573 e. The van der Waals surface area contributed by atoms with Gasteiger partial charge in [-0.1, -0.05) is 11.3 Å². The number of nitrogens with two attached hydrogens (primary N) is 1. The van der Waals surface area contributed by atoms with Crippen molar-refractivity contribution in [2.24, 2.45) is 0 Å². The quantitative estimate of drug-likeness (QED) is 0.518. The van der Waals surface area contributed by atoms with Crippen LogP contribution in [0.3, 0.4) is 0 Å². The summed E-state index contributed by atoms with van der Waals surface area (Å²) in [7, 11) is -4.08. The van der Waals surface area contributed by atoms with Crippen LogP contribution >= 0.6 is 11.3 Å². The van der Waals surface area contributed by atoms with Crippen molar-refractivity contribution < 1.29 is 35.8 Å². The van der Waals surface area contributed by atoms with Crippen LogP contribution in [0.5, 0.6) is 5.75 Å². The molecule has 0 radical (unpaired) electrons. The number of ether oxygens (including phenoxy) is 3. The number of nitrogen functional groups attached to an aromatic ring is 1. The molecule has 1 aliphatic rings. The normalized spacial score (nSPS) is 16.8. The fourth-order valence-corrected chi connectivity index (χ4v) is 5.01. The molecule has 3 heterocycles. The summed E-state index contributed by atoms with van der Waals surface area (Å²) in [5.41, 5.74) is 6.34. The van der Waals surface area contributed by atoms with Crippen LogP contribution in [0.2, 0.25) is 0 Å². The Bertz CT molecular complexity index is 1230. The molecule has 0 aliphatic carbocycles. The number of anilines is 1. The maximum atomic E-state index is 12.8. The number of nitrogens with zero attached hydrogens (tertiary/aromatic N) is 3. The monoisotopic (exact) mass is 502 g/mol. The van der Waals surface area contributed by atoms with Gasteiger partial charge in [-0.05, 0) is 36.8 Å². The molecule has 4 rings (SSSR count). The zero-order chi connectivity index (χ0) is 23.6. The van der Waals surface area contributed by atoms with E-state index in [0.29, 0.717) is 23.2 Å². The van der Waals surface area contributed by atoms with Gasteiger partial charge in [-0.3, -0.25) is 4.98 Å². The Morgan fingerprint density at radius 1 is 1.18 bits per heavy atom. The summed E-state index contributed by atoms with van der Waals surface area (Å²) >= 11 is 1.21. The molecule has 2 N–H and O–H groups in total. The molecule has 14 heteroatoms. The molecule has 176 valence electrons. The lowest BCUT2D eigenvalue weighted by Crippen LogP contribution is -2.17. The predicted octanol–water partition coefficient (Wildman–Crippen LogP) is 3.22. The van der Waals surface area contributed by atoms with Crippen molar-refractivity contribution in [2.45, 2.75) is 35.3 Å². The van der Waals surface area contributed by atoms with E-state index in [-0.39, 0.29) is 33.9 Å². The highest BCUT2D eigenvalue weighted by atomic mass is 32.2. The van der Waals surface area contributed by atoms with Crippen molar-refractivity contribution in [3.63, 3.8) is 0 Å². The average Bonchev–Trinajstić information content (AvgIpc) is 3.43. The average molecular weight is 502 g/mol. The van der Waals surface area contributed by atoms with E-state index in [0.717, 1.165) is 36.9 Å². The smallest absolute Gasteiger partial charge is 0.406 e. The minimum atomic E-state index is -4.88. The zero-order valence-electron chi connectivity index (χ0n) is 16.8. The van der Waals surface area contributed by atoms with Crippen molar-refractivity contribution in [2.75, 3.05) is 18.9 Å². The van der Waals surface area contributed by atoms with Crippen LogP contribution in [-0.2, 0) is 25.9 Å². The van der Waals surface area contributed by atoms with Crippen LogP contribution in [0.15, 0.2) is 46.3 Å². The van der Waals surface area contributed by atoms with Gasteiger partial charge in [-0.15, -0.1) is 23.4 Å². The van der Waals surface area contributed by atoms with E-state index in [9.17, 15) is 21.6 Å². The van der Waals surface area contributed by atoms with Gasteiger partial charge in [0.1, 0.15) is 23.1 Å². The van der Waals surface area contributed by atoms with Crippen molar-refractivity contribution in [3.05, 3.63) is 41.5 Å². The number of pyridine rings is 1. The highest BCUT2D eigenvalue weighted by molar-refractivity contribution is 7.91. The highest BCUT2D eigenvalue weighted by Crippen LogP contribution is 2.31. The molecule has 1 fully saturated rings. The van der Waals surface area contributed by atoms with Gasteiger partial charge in [0, 0.05) is 12.8 Å². The first-order valence-electron chi connectivity index (χ1n) is 9.50. The first-order valence-corrected chi connectivity index (χ1v) is 11.8. The lowest BCUT2D eigenvalue weighted by molar-refractivity contribution is -0.274. The summed E-state index contributed by atoms with van der Waals surface area (Å²) in [6, 6.07) is 5.05. The summed E-state index contributed by atoms with van der Waals surface area (Å²) in [6.07, 6.45) is -2.95. The van der Waals surface area contributed by atoms with E-state index < -0.39 is 21.9 Å². The second-order valence-corrected chi connectivity index (χ2v) is 9.94. The van der Waals surface area contributed by atoms with E-state index in [1.165, 1.54) is 17.4 Å². The minimum absolute atomic E-state index is 0.0131.